The fraction of sp³-hybridized carbons (Fsp3) is 0. The number of anilines is 1. The van der Waals surface area contributed by atoms with Crippen LogP contribution >= 0.6 is 0 Å². The Bertz CT molecular complexity index is 1210. The number of benzene rings is 3. The van der Waals surface area contributed by atoms with Crippen molar-refractivity contribution in [2.75, 3.05) is 5.32 Å². The van der Waals surface area contributed by atoms with Gasteiger partial charge in [-0.15, -0.1) is 0 Å². The first-order valence-electron chi connectivity index (χ1n) is 8.75. The van der Waals surface area contributed by atoms with Gasteiger partial charge in [0.15, 0.2) is 0 Å². The molecular weight excluding hydrogens is 348 g/mol. The number of aromatic nitrogens is 2. The van der Waals surface area contributed by atoms with Gasteiger partial charge in [-0.2, -0.15) is 10.4 Å². The molecule has 0 aliphatic heterocycles. The number of amides is 1. The highest BCUT2D eigenvalue weighted by Crippen LogP contribution is 2.23. The van der Waals surface area contributed by atoms with Crippen molar-refractivity contribution in [2.45, 2.75) is 0 Å². The lowest BCUT2D eigenvalue weighted by atomic mass is 10.1. The molecule has 4 aromatic rings. The normalized spacial score (nSPS) is 11.2. The number of hydrogen-bond acceptors (Lipinski definition) is 3. The van der Waals surface area contributed by atoms with Crippen LogP contribution in [0.15, 0.2) is 90.8 Å². The van der Waals surface area contributed by atoms with Gasteiger partial charge in [-0.05, 0) is 29.7 Å². The van der Waals surface area contributed by atoms with Crippen molar-refractivity contribution in [2.24, 2.45) is 0 Å². The molecule has 3 aromatic carbocycles. The Hall–Kier alpha value is -4.17. The van der Waals surface area contributed by atoms with Crippen LogP contribution in [-0.4, -0.2) is 15.7 Å². The number of rotatable bonds is 4. The minimum Gasteiger partial charge on any atom is -0.321 e. The van der Waals surface area contributed by atoms with Gasteiger partial charge in [-0.25, -0.2) is 4.68 Å². The smallest absolute Gasteiger partial charge is 0.266 e. The maximum Gasteiger partial charge on any atom is 0.266 e. The van der Waals surface area contributed by atoms with Gasteiger partial charge in [-0.3, -0.25) is 4.79 Å². The minimum absolute atomic E-state index is 0.0144. The third-order valence-electron chi connectivity index (χ3n) is 4.34. The molecule has 0 atom stereocenters. The van der Waals surface area contributed by atoms with Crippen molar-refractivity contribution in [3.05, 3.63) is 96.3 Å². The molecule has 1 aromatic heterocycles. The Kier molecular flexibility index (Phi) is 4.68. The zero-order valence-electron chi connectivity index (χ0n) is 14.9. The second-order valence-electron chi connectivity index (χ2n) is 6.20. The van der Waals surface area contributed by atoms with E-state index < -0.39 is 5.91 Å². The zero-order chi connectivity index (χ0) is 19.3. The van der Waals surface area contributed by atoms with Crippen LogP contribution in [0.4, 0.5) is 5.69 Å². The molecule has 4 rings (SSSR count). The van der Waals surface area contributed by atoms with Crippen LogP contribution in [0.5, 0.6) is 0 Å². The molecule has 5 nitrogen and oxygen atoms in total. The fourth-order valence-corrected chi connectivity index (χ4v) is 2.97. The molecule has 1 heterocycles. The summed E-state index contributed by atoms with van der Waals surface area (Å²) in [5.74, 6) is -0.452. The lowest BCUT2D eigenvalue weighted by Gasteiger charge is -2.08. The molecule has 0 unspecified atom stereocenters. The molecule has 0 bridgehead atoms. The molecule has 0 spiro atoms. The van der Waals surface area contributed by atoms with E-state index in [4.69, 9.17) is 0 Å². The first-order valence-corrected chi connectivity index (χ1v) is 8.75. The third-order valence-corrected chi connectivity index (χ3v) is 4.34. The lowest BCUT2D eigenvalue weighted by molar-refractivity contribution is -0.112. The summed E-state index contributed by atoms with van der Waals surface area (Å²) in [6.07, 6.45) is 4.93. The number of nitriles is 1. The Morgan fingerprint density at radius 2 is 1.75 bits per heavy atom. The molecule has 0 saturated heterocycles. The standard InChI is InChI=1S/C23H16N4O/c24-14-19(13-17-15-25-27(16-17)20-9-2-1-3-10-20)23(28)26-22-12-6-8-18-7-4-5-11-21(18)22/h1-13,15-16H,(H,26,28)/b19-13+. The van der Waals surface area contributed by atoms with Crippen molar-refractivity contribution in [1.82, 2.24) is 9.78 Å². The van der Waals surface area contributed by atoms with Crippen LogP contribution < -0.4 is 5.32 Å². The number of carbonyl (C=O) groups excluding carboxylic acids is 1. The van der Waals surface area contributed by atoms with Gasteiger partial charge >= 0.3 is 0 Å². The van der Waals surface area contributed by atoms with E-state index in [1.165, 1.54) is 6.08 Å². The highest BCUT2D eigenvalue weighted by Gasteiger charge is 2.12. The van der Waals surface area contributed by atoms with Gasteiger partial charge in [0.05, 0.1) is 11.9 Å². The summed E-state index contributed by atoms with van der Waals surface area (Å²) in [5, 5.41) is 18.5. The molecule has 28 heavy (non-hydrogen) atoms. The van der Waals surface area contributed by atoms with E-state index in [1.807, 2.05) is 78.9 Å². The number of para-hydroxylation sites is 1. The molecule has 0 fully saturated rings. The summed E-state index contributed by atoms with van der Waals surface area (Å²) in [7, 11) is 0. The molecule has 0 aliphatic rings. The molecule has 0 radical (unpaired) electrons. The summed E-state index contributed by atoms with van der Waals surface area (Å²) in [5.41, 5.74) is 2.26. The van der Waals surface area contributed by atoms with Gasteiger partial charge in [-0.1, -0.05) is 54.6 Å². The van der Waals surface area contributed by atoms with Crippen LogP contribution in [0.2, 0.25) is 0 Å². The van der Waals surface area contributed by atoms with Crippen molar-refractivity contribution < 1.29 is 4.79 Å². The van der Waals surface area contributed by atoms with Crippen molar-refractivity contribution in [1.29, 1.82) is 5.26 Å². The van der Waals surface area contributed by atoms with Crippen molar-refractivity contribution in [3.63, 3.8) is 0 Å². The molecule has 0 saturated carbocycles. The Morgan fingerprint density at radius 1 is 1.00 bits per heavy atom. The van der Waals surface area contributed by atoms with Gasteiger partial charge in [0, 0.05) is 22.8 Å². The molecule has 1 N–H and O–H groups in total. The number of nitrogens with zero attached hydrogens (tertiary/aromatic N) is 3. The Balaban J connectivity index is 1.59. The van der Waals surface area contributed by atoms with E-state index in [-0.39, 0.29) is 5.57 Å². The summed E-state index contributed by atoms with van der Waals surface area (Å²) in [6, 6.07) is 25.1. The average molecular weight is 364 g/mol. The first kappa shape index (κ1) is 17.3. The van der Waals surface area contributed by atoms with E-state index in [0.29, 0.717) is 11.3 Å². The SMILES string of the molecule is N#C/C(=C\c1cnn(-c2ccccc2)c1)C(=O)Nc1cccc2ccccc12. The highest BCUT2D eigenvalue weighted by molar-refractivity contribution is 6.12. The van der Waals surface area contributed by atoms with Gasteiger partial charge in [0.1, 0.15) is 11.6 Å². The van der Waals surface area contributed by atoms with E-state index in [1.54, 1.807) is 17.1 Å². The summed E-state index contributed by atoms with van der Waals surface area (Å²) >= 11 is 0. The van der Waals surface area contributed by atoms with E-state index in [9.17, 15) is 10.1 Å². The monoisotopic (exact) mass is 364 g/mol. The number of nitrogens with one attached hydrogen (secondary N) is 1. The predicted molar refractivity (Wildman–Crippen MR) is 110 cm³/mol. The van der Waals surface area contributed by atoms with E-state index >= 15 is 0 Å². The van der Waals surface area contributed by atoms with Gasteiger partial charge < -0.3 is 5.32 Å². The first-order chi connectivity index (χ1) is 13.7. The highest BCUT2D eigenvalue weighted by atomic mass is 16.1. The third kappa shape index (κ3) is 3.53. The number of carbonyl (C=O) groups is 1. The average Bonchev–Trinajstić information content (AvgIpc) is 3.21. The van der Waals surface area contributed by atoms with Crippen molar-refractivity contribution in [3.8, 4) is 11.8 Å². The van der Waals surface area contributed by atoms with E-state index in [2.05, 4.69) is 10.4 Å². The topological polar surface area (TPSA) is 70.7 Å². The molecule has 134 valence electrons. The Morgan fingerprint density at radius 3 is 2.57 bits per heavy atom. The second kappa shape index (κ2) is 7.60. The molecular formula is C23H16N4O. The molecule has 1 amide bonds. The van der Waals surface area contributed by atoms with E-state index in [0.717, 1.165) is 16.5 Å². The predicted octanol–water partition coefficient (Wildman–Crippen LogP) is 4.57. The van der Waals surface area contributed by atoms with Crippen molar-refractivity contribution >= 4 is 28.4 Å². The fourth-order valence-electron chi connectivity index (χ4n) is 2.97. The summed E-state index contributed by atoms with van der Waals surface area (Å²) in [4.78, 5) is 12.6. The minimum atomic E-state index is -0.452. The quantitative estimate of drug-likeness (QED) is 0.426. The number of fused-ring (bicyclic) bond motifs is 1. The van der Waals surface area contributed by atoms with Crippen LogP contribution in [0, 0.1) is 11.3 Å². The summed E-state index contributed by atoms with van der Waals surface area (Å²) in [6.45, 7) is 0. The molecule has 0 aliphatic carbocycles. The zero-order valence-corrected chi connectivity index (χ0v) is 14.9. The Labute approximate surface area is 162 Å². The van der Waals surface area contributed by atoms with Crippen LogP contribution in [0.1, 0.15) is 5.56 Å². The van der Waals surface area contributed by atoms with Crippen LogP contribution in [0.25, 0.3) is 22.5 Å². The second-order valence-corrected chi connectivity index (χ2v) is 6.20. The maximum atomic E-state index is 12.6. The largest absolute Gasteiger partial charge is 0.321 e. The van der Waals surface area contributed by atoms with Gasteiger partial charge in [0.25, 0.3) is 5.91 Å². The molecule has 5 heteroatoms. The van der Waals surface area contributed by atoms with Crippen LogP contribution in [0.3, 0.4) is 0 Å². The van der Waals surface area contributed by atoms with Crippen LogP contribution in [-0.2, 0) is 4.79 Å². The number of hydrogen-bond donors (Lipinski definition) is 1. The van der Waals surface area contributed by atoms with Gasteiger partial charge in [0.2, 0.25) is 0 Å². The lowest BCUT2D eigenvalue weighted by Crippen LogP contribution is -2.13. The summed E-state index contributed by atoms with van der Waals surface area (Å²) < 4.78 is 1.70. The maximum absolute atomic E-state index is 12.6.